The van der Waals surface area contributed by atoms with Gasteiger partial charge >= 0.3 is 5.97 Å². The van der Waals surface area contributed by atoms with Crippen molar-refractivity contribution in [2.45, 2.75) is 13.8 Å². The highest BCUT2D eigenvalue weighted by atomic mass is 35.5. The first-order valence-electron chi connectivity index (χ1n) is 7.80. The molecular formula is C19H16Cl2N2O2. The van der Waals surface area contributed by atoms with Gasteiger partial charge in [-0.05, 0) is 32.0 Å². The summed E-state index contributed by atoms with van der Waals surface area (Å²) in [6, 6.07) is 14.9. The van der Waals surface area contributed by atoms with Crippen molar-refractivity contribution in [3.63, 3.8) is 0 Å². The van der Waals surface area contributed by atoms with Crippen molar-refractivity contribution < 1.29 is 9.53 Å². The molecule has 0 unspecified atom stereocenters. The van der Waals surface area contributed by atoms with Crippen LogP contribution >= 0.6 is 23.2 Å². The Morgan fingerprint density at radius 3 is 2.52 bits per heavy atom. The predicted molar refractivity (Wildman–Crippen MR) is 99.7 cm³/mol. The molecule has 2 aromatic carbocycles. The highest BCUT2D eigenvalue weighted by Gasteiger charge is 2.23. The molecule has 6 heteroatoms. The molecule has 3 aromatic rings. The molecule has 4 nitrogen and oxygen atoms in total. The minimum Gasteiger partial charge on any atom is -0.461 e. The largest absolute Gasteiger partial charge is 0.461 e. The molecule has 25 heavy (non-hydrogen) atoms. The average Bonchev–Trinajstić information content (AvgIpc) is 2.93. The van der Waals surface area contributed by atoms with Gasteiger partial charge in [-0.2, -0.15) is 5.10 Å². The van der Waals surface area contributed by atoms with E-state index in [2.05, 4.69) is 5.10 Å². The minimum absolute atomic E-state index is 0.270. The van der Waals surface area contributed by atoms with Gasteiger partial charge in [-0.25, -0.2) is 9.48 Å². The molecule has 0 amide bonds. The molecule has 0 atom stereocenters. The molecular weight excluding hydrogens is 359 g/mol. The molecule has 0 aliphatic heterocycles. The van der Waals surface area contributed by atoms with Crippen molar-refractivity contribution in [3.05, 3.63) is 69.8 Å². The number of nitrogens with zero attached hydrogens (tertiary/aromatic N) is 2. The summed E-state index contributed by atoms with van der Waals surface area (Å²) >= 11 is 12.4. The van der Waals surface area contributed by atoms with E-state index in [0.29, 0.717) is 15.7 Å². The third-order valence-electron chi connectivity index (χ3n) is 3.78. The zero-order chi connectivity index (χ0) is 18.0. The number of benzene rings is 2. The lowest BCUT2D eigenvalue weighted by Gasteiger charge is -2.10. The van der Waals surface area contributed by atoms with Gasteiger partial charge in [0.1, 0.15) is 0 Å². The van der Waals surface area contributed by atoms with Gasteiger partial charge in [0.05, 0.1) is 23.0 Å². The highest BCUT2D eigenvalue weighted by molar-refractivity contribution is 6.35. The van der Waals surface area contributed by atoms with Crippen LogP contribution in [0.3, 0.4) is 0 Å². The van der Waals surface area contributed by atoms with Gasteiger partial charge in [0.2, 0.25) is 0 Å². The first-order valence-corrected chi connectivity index (χ1v) is 8.56. The second-order valence-electron chi connectivity index (χ2n) is 5.42. The SMILES string of the molecule is CCOC(=O)c1nn(-c2ccc(Cl)cc2Cl)c(-c2ccccc2)c1C. The Labute approximate surface area is 155 Å². The lowest BCUT2D eigenvalue weighted by Crippen LogP contribution is -2.08. The van der Waals surface area contributed by atoms with E-state index in [1.807, 2.05) is 37.3 Å². The first kappa shape index (κ1) is 17.5. The Balaban J connectivity index is 2.26. The number of aromatic nitrogens is 2. The van der Waals surface area contributed by atoms with Gasteiger partial charge in [-0.15, -0.1) is 0 Å². The normalized spacial score (nSPS) is 10.7. The maximum atomic E-state index is 12.3. The summed E-state index contributed by atoms with van der Waals surface area (Å²) in [5, 5.41) is 5.46. The van der Waals surface area contributed by atoms with Gasteiger partial charge < -0.3 is 4.74 Å². The zero-order valence-electron chi connectivity index (χ0n) is 13.8. The van der Waals surface area contributed by atoms with Crippen molar-refractivity contribution in [1.29, 1.82) is 0 Å². The summed E-state index contributed by atoms with van der Waals surface area (Å²) in [7, 11) is 0. The Morgan fingerprint density at radius 2 is 1.88 bits per heavy atom. The molecule has 0 spiro atoms. The lowest BCUT2D eigenvalue weighted by molar-refractivity contribution is 0.0518. The lowest BCUT2D eigenvalue weighted by atomic mass is 10.1. The number of carbonyl (C=O) groups excluding carboxylic acids is 1. The predicted octanol–water partition coefficient (Wildman–Crippen LogP) is 5.33. The third kappa shape index (κ3) is 3.41. The highest BCUT2D eigenvalue weighted by Crippen LogP contribution is 2.32. The number of rotatable bonds is 4. The maximum absolute atomic E-state index is 12.3. The van der Waals surface area contributed by atoms with E-state index in [1.54, 1.807) is 29.8 Å². The van der Waals surface area contributed by atoms with Crippen LogP contribution in [-0.2, 0) is 4.74 Å². The fourth-order valence-corrected chi connectivity index (χ4v) is 3.14. The second kappa shape index (κ2) is 7.30. The van der Waals surface area contributed by atoms with E-state index in [1.165, 1.54) is 0 Å². The van der Waals surface area contributed by atoms with Crippen molar-refractivity contribution >= 4 is 29.2 Å². The van der Waals surface area contributed by atoms with Gasteiger partial charge in [0.15, 0.2) is 5.69 Å². The number of esters is 1. The Hall–Kier alpha value is -2.30. The van der Waals surface area contributed by atoms with Crippen molar-refractivity contribution in [1.82, 2.24) is 9.78 Å². The van der Waals surface area contributed by atoms with Crippen LogP contribution in [0.5, 0.6) is 0 Å². The molecule has 0 bridgehead atoms. The summed E-state index contributed by atoms with van der Waals surface area (Å²) in [5.41, 5.74) is 3.35. The molecule has 0 saturated heterocycles. The summed E-state index contributed by atoms with van der Waals surface area (Å²) in [6.07, 6.45) is 0. The van der Waals surface area contributed by atoms with E-state index < -0.39 is 5.97 Å². The Bertz CT molecular complexity index is 921. The van der Waals surface area contributed by atoms with E-state index >= 15 is 0 Å². The van der Waals surface area contributed by atoms with E-state index in [9.17, 15) is 4.79 Å². The van der Waals surface area contributed by atoms with Gasteiger partial charge in [0.25, 0.3) is 0 Å². The topological polar surface area (TPSA) is 44.1 Å². The van der Waals surface area contributed by atoms with Crippen LogP contribution in [0.25, 0.3) is 16.9 Å². The van der Waals surface area contributed by atoms with Crippen LogP contribution in [-0.4, -0.2) is 22.4 Å². The number of hydrogen-bond donors (Lipinski definition) is 0. The van der Waals surface area contributed by atoms with Gasteiger partial charge in [-0.3, -0.25) is 0 Å². The number of halogens is 2. The molecule has 1 heterocycles. The van der Waals surface area contributed by atoms with Gasteiger partial charge in [0, 0.05) is 16.1 Å². The number of ether oxygens (including phenoxy) is 1. The fourth-order valence-electron chi connectivity index (χ4n) is 2.65. The minimum atomic E-state index is -0.457. The zero-order valence-corrected chi connectivity index (χ0v) is 15.3. The van der Waals surface area contributed by atoms with Crippen LogP contribution in [0.4, 0.5) is 0 Å². The Morgan fingerprint density at radius 1 is 1.16 bits per heavy atom. The van der Waals surface area contributed by atoms with Crippen LogP contribution in [0, 0.1) is 6.92 Å². The van der Waals surface area contributed by atoms with Gasteiger partial charge in [-0.1, -0.05) is 53.5 Å². The van der Waals surface area contributed by atoms with E-state index in [-0.39, 0.29) is 12.3 Å². The quantitative estimate of drug-likeness (QED) is 0.579. The second-order valence-corrected chi connectivity index (χ2v) is 6.26. The molecule has 0 aliphatic rings. The smallest absolute Gasteiger partial charge is 0.359 e. The molecule has 0 radical (unpaired) electrons. The monoisotopic (exact) mass is 374 g/mol. The fraction of sp³-hybridized carbons (Fsp3) is 0.158. The summed E-state index contributed by atoms with van der Waals surface area (Å²) < 4.78 is 6.79. The maximum Gasteiger partial charge on any atom is 0.359 e. The number of hydrogen-bond acceptors (Lipinski definition) is 3. The molecule has 3 rings (SSSR count). The van der Waals surface area contributed by atoms with Crippen molar-refractivity contribution in [2.24, 2.45) is 0 Å². The summed E-state index contributed by atoms with van der Waals surface area (Å²) in [5.74, 6) is -0.457. The van der Waals surface area contributed by atoms with E-state index in [0.717, 1.165) is 16.8 Å². The third-order valence-corrected chi connectivity index (χ3v) is 4.31. The Kier molecular flexibility index (Phi) is 5.11. The number of carbonyl (C=O) groups is 1. The molecule has 0 fully saturated rings. The van der Waals surface area contributed by atoms with E-state index in [4.69, 9.17) is 27.9 Å². The summed E-state index contributed by atoms with van der Waals surface area (Å²) in [4.78, 5) is 12.3. The molecule has 0 aliphatic carbocycles. The average molecular weight is 375 g/mol. The molecule has 128 valence electrons. The van der Waals surface area contributed by atoms with Crippen LogP contribution in [0.1, 0.15) is 23.0 Å². The van der Waals surface area contributed by atoms with Crippen LogP contribution < -0.4 is 0 Å². The molecule has 1 aromatic heterocycles. The van der Waals surface area contributed by atoms with Crippen LogP contribution in [0.15, 0.2) is 48.5 Å². The molecule has 0 saturated carbocycles. The molecule has 0 N–H and O–H groups in total. The van der Waals surface area contributed by atoms with Crippen molar-refractivity contribution in [3.8, 4) is 16.9 Å². The standard InChI is InChI=1S/C19H16Cl2N2O2/c1-3-25-19(24)17-12(2)18(13-7-5-4-6-8-13)23(22-17)16-10-9-14(20)11-15(16)21/h4-11H,3H2,1-2H3. The summed E-state index contributed by atoms with van der Waals surface area (Å²) in [6.45, 7) is 3.90. The van der Waals surface area contributed by atoms with Crippen LogP contribution in [0.2, 0.25) is 10.0 Å². The van der Waals surface area contributed by atoms with Crippen molar-refractivity contribution in [2.75, 3.05) is 6.61 Å². The first-order chi connectivity index (χ1) is 12.0.